The highest BCUT2D eigenvalue weighted by molar-refractivity contribution is 6.34. The molecule has 2 aromatic heterocycles. The number of amides is 2. The van der Waals surface area contributed by atoms with Crippen LogP contribution in [0.4, 0.5) is 45.3 Å². The first-order chi connectivity index (χ1) is 22.2. The van der Waals surface area contributed by atoms with Crippen LogP contribution in [-0.4, -0.2) is 104 Å². The van der Waals surface area contributed by atoms with Gasteiger partial charge in [0, 0.05) is 44.6 Å². The van der Waals surface area contributed by atoms with Gasteiger partial charge in [-0.05, 0) is 23.8 Å². The molecule has 0 aliphatic carbocycles. The van der Waals surface area contributed by atoms with Gasteiger partial charge >= 0.3 is 12.4 Å². The zero-order chi connectivity index (χ0) is 35.4. The smallest absolute Gasteiger partial charge is 0.382 e. The van der Waals surface area contributed by atoms with Crippen molar-refractivity contribution in [3.05, 3.63) is 46.7 Å². The van der Waals surface area contributed by atoms with E-state index in [1.807, 2.05) is 4.90 Å². The van der Waals surface area contributed by atoms with Gasteiger partial charge in [0.15, 0.2) is 5.82 Å². The minimum Gasteiger partial charge on any atom is -0.382 e. The number of carbonyl (C=O) groups excluding carboxylic acids is 2. The standard InChI is InChI=1S/C28H27ClF9N7O3/c29-17-2-1-14(20-8-15(22-23(39)40-13-41-45(20)22)10-43-5-3-25(31,32)4-6-43)7-16(17)24(47)42-19-12-44(11-18(19)30)21(46)9-26(48,27(33,34)35)28(36,37)38/h1-2,7-8,13,18-19,48H,3-6,9-12H2,(H,42,47)(H2,39,40,41)/t18-,19+/m0/s1. The van der Waals surface area contributed by atoms with Crippen LogP contribution in [0, 0.1) is 0 Å². The molecule has 2 amide bonds. The molecule has 2 fully saturated rings. The number of nitrogens with zero attached hydrogens (tertiary/aromatic N) is 5. The van der Waals surface area contributed by atoms with Crippen molar-refractivity contribution in [2.24, 2.45) is 0 Å². The largest absolute Gasteiger partial charge is 0.426 e. The van der Waals surface area contributed by atoms with Crippen molar-refractivity contribution >= 4 is 34.7 Å². The third-order valence-corrected chi connectivity index (χ3v) is 8.74. The number of fused-ring (bicyclic) bond motifs is 1. The van der Waals surface area contributed by atoms with E-state index in [-0.39, 0.29) is 48.9 Å². The van der Waals surface area contributed by atoms with Crippen LogP contribution in [0.15, 0.2) is 30.6 Å². The predicted molar refractivity (Wildman–Crippen MR) is 152 cm³/mol. The fraction of sp³-hybridized carbons (Fsp3) is 0.500. The fourth-order valence-corrected chi connectivity index (χ4v) is 5.85. The van der Waals surface area contributed by atoms with Crippen molar-refractivity contribution in [3.8, 4) is 11.3 Å². The van der Waals surface area contributed by atoms with E-state index in [0.717, 1.165) is 0 Å². The number of nitrogen functional groups attached to an aromatic ring is 1. The van der Waals surface area contributed by atoms with Crippen LogP contribution >= 0.6 is 11.6 Å². The number of halogens is 10. The molecule has 0 radical (unpaired) electrons. The summed E-state index contributed by atoms with van der Waals surface area (Å²) in [5.41, 5.74) is 2.31. The minimum absolute atomic E-state index is 0.0961. The quantitative estimate of drug-likeness (QED) is 0.310. The summed E-state index contributed by atoms with van der Waals surface area (Å²) in [4.78, 5) is 31.8. The number of nitrogens with two attached hydrogens (primary N) is 1. The Morgan fingerprint density at radius 2 is 1.71 bits per heavy atom. The molecule has 2 saturated heterocycles. The van der Waals surface area contributed by atoms with E-state index >= 15 is 0 Å². The highest BCUT2D eigenvalue weighted by Gasteiger charge is 2.71. The van der Waals surface area contributed by atoms with Gasteiger partial charge in [-0.2, -0.15) is 31.4 Å². The average molecular weight is 716 g/mol. The lowest BCUT2D eigenvalue weighted by molar-refractivity contribution is -0.367. The summed E-state index contributed by atoms with van der Waals surface area (Å²) in [6, 6.07) is 4.33. The first-order valence-corrected chi connectivity index (χ1v) is 14.7. The van der Waals surface area contributed by atoms with E-state index in [1.165, 1.54) is 29.0 Å². The van der Waals surface area contributed by atoms with Gasteiger partial charge in [0.05, 0.1) is 35.3 Å². The van der Waals surface area contributed by atoms with E-state index in [1.54, 1.807) is 6.07 Å². The second-order valence-electron chi connectivity index (χ2n) is 11.7. The summed E-state index contributed by atoms with van der Waals surface area (Å²) in [6.07, 6.45) is -16.5. The molecule has 0 saturated carbocycles. The monoisotopic (exact) mass is 715 g/mol. The van der Waals surface area contributed by atoms with Crippen molar-refractivity contribution in [1.82, 2.24) is 29.7 Å². The van der Waals surface area contributed by atoms with Crippen LogP contribution in [0.5, 0.6) is 0 Å². The summed E-state index contributed by atoms with van der Waals surface area (Å²) in [6.45, 7) is -1.25. The zero-order valence-corrected chi connectivity index (χ0v) is 25.3. The van der Waals surface area contributed by atoms with E-state index in [4.69, 9.17) is 17.3 Å². The lowest BCUT2D eigenvalue weighted by Crippen LogP contribution is -2.59. The summed E-state index contributed by atoms with van der Waals surface area (Å²) < 4.78 is 122. The van der Waals surface area contributed by atoms with E-state index in [9.17, 15) is 54.2 Å². The SMILES string of the molecule is Nc1ncnn2c(-c3ccc(Cl)c(C(=O)N[C@@H]4CN(C(=O)CC(O)(C(F)(F)F)C(F)(F)F)C[C@@H]4F)c3)cc(CN3CCC(F)(F)CC3)c12. The number of anilines is 1. The number of carbonyl (C=O) groups is 2. The number of likely N-dealkylation sites (tertiary alicyclic amines) is 2. The summed E-state index contributed by atoms with van der Waals surface area (Å²) in [5, 5.41) is 15.7. The van der Waals surface area contributed by atoms with Gasteiger partial charge in [0.25, 0.3) is 17.4 Å². The van der Waals surface area contributed by atoms with Crippen LogP contribution in [0.1, 0.15) is 35.2 Å². The molecule has 262 valence electrons. The number of hydrogen-bond donors (Lipinski definition) is 3. The third kappa shape index (κ3) is 6.84. The first-order valence-electron chi connectivity index (χ1n) is 14.3. The maximum atomic E-state index is 14.8. The van der Waals surface area contributed by atoms with Crippen molar-refractivity contribution in [1.29, 1.82) is 0 Å². The molecule has 4 heterocycles. The van der Waals surface area contributed by atoms with Gasteiger partial charge in [-0.15, -0.1) is 0 Å². The molecule has 2 atom stereocenters. The predicted octanol–water partition coefficient (Wildman–Crippen LogP) is 4.39. The molecule has 20 heteroatoms. The molecule has 0 bridgehead atoms. The molecular formula is C28H27ClF9N7O3. The molecule has 0 spiro atoms. The second kappa shape index (κ2) is 12.6. The maximum Gasteiger partial charge on any atom is 0.426 e. The minimum atomic E-state index is -6.25. The van der Waals surface area contributed by atoms with Gasteiger partial charge < -0.3 is 21.1 Å². The lowest BCUT2D eigenvalue weighted by atomic mass is 9.97. The Balaban J connectivity index is 1.35. The number of aromatic nitrogens is 3. The van der Waals surface area contributed by atoms with Crippen LogP contribution < -0.4 is 11.1 Å². The van der Waals surface area contributed by atoms with Gasteiger partial charge in [-0.1, -0.05) is 17.7 Å². The van der Waals surface area contributed by atoms with Gasteiger partial charge in [-0.25, -0.2) is 22.7 Å². The summed E-state index contributed by atoms with van der Waals surface area (Å²) in [5.74, 6) is -5.47. The molecule has 2 aliphatic heterocycles. The molecule has 5 rings (SSSR count). The van der Waals surface area contributed by atoms with Crippen molar-refractivity contribution in [2.75, 3.05) is 31.9 Å². The Bertz CT molecular complexity index is 1690. The molecule has 0 unspecified atom stereocenters. The second-order valence-corrected chi connectivity index (χ2v) is 12.1. The Morgan fingerprint density at radius 3 is 2.33 bits per heavy atom. The Labute approximate surface area is 270 Å². The normalized spacial score (nSPS) is 20.8. The van der Waals surface area contributed by atoms with Gasteiger partial charge in [-0.3, -0.25) is 14.5 Å². The van der Waals surface area contributed by atoms with Crippen molar-refractivity contribution in [2.45, 2.75) is 61.9 Å². The average Bonchev–Trinajstić information content (AvgIpc) is 3.54. The highest BCUT2D eigenvalue weighted by atomic mass is 35.5. The molecule has 48 heavy (non-hydrogen) atoms. The third-order valence-electron chi connectivity index (χ3n) is 8.41. The van der Waals surface area contributed by atoms with Gasteiger partial charge in [0.1, 0.15) is 18.0 Å². The van der Waals surface area contributed by atoms with Crippen LogP contribution in [0.2, 0.25) is 5.02 Å². The molecule has 1 aromatic carbocycles. The van der Waals surface area contributed by atoms with Crippen LogP contribution in [0.25, 0.3) is 16.8 Å². The van der Waals surface area contributed by atoms with Crippen LogP contribution in [-0.2, 0) is 11.3 Å². The van der Waals surface area contributed by atoms with Gasteiger partial charge in [0.2, 0.25) is 5.91 Å². The number of nitrogens with one attached hydrogen (secondary N) is 1. The Morgan fingerprint density at radius 1 is 1.06 bits per heavy atom. The van der Waals surface area contributed by atoms with E-state index in [2.05, 4.69) is 15.4 Å². The number of alkyl halides is 9. The molecule has 4 N–H and O–H groups in total. The zero-order valence-electron chi connectivity index (χ0n) is 24.6. The van der Waals surface area contributed by atoms with Crippen LogP contribution in [0.3, 0.4) is 0 Å². The topological polar surface area (TPSA) is 129 Å². The maximum absolute atomic E-state index is 14.8. The van der Waals surface area contributed by atoms with E-state index < -0.39 is 67.4 Å². The lowest BCUT2D eigenvalue weighted by Gasteiger charge is -2.32. The molecule has 2 aliphatic rings. The van der Waals surface area contributed by atoms with Crippen molar-refractivity contribution in [3.63, 3.8) is 0 Å². The number of piperidine rings is 1. The number of rotatable bonds is 7. The number of benzene rings is 1. The van der Waals surface area contributed by atoms with E-state index in [0.29, 0.717) is 27.2 Å². The summed E-state index contributed by atoms with van der Waals surface area (Å²) in [7, 11) is 0. The number of aliphatic hydroxyl groups is 1. The fourth-order valence-electron chi connectivity index (χ4n) is 5.65. The summed E-state index contributed by atoms with van der Waals surface area (Å²) >= 11 is 6.26. The molecule has 3 aromatic rings. The molecular weight excluding hydrogens is 689 g/mol. The highest BCUT2D eigenvalue weighted by Crippen LogP contribution is 2.45. The van der Waals surface area contributed by atoms with Crippen molar-refractivity contribution < 1.29 is 54.2 Å². The molecule has 10 nitrogen and oxygen atoms in total. The Kier molecular flexibility index (Phi) is 9.28. The number of hydrogen-bond acceptors (Lipinski definition) is 7. The first kappa shape index (κ1) is 35.5. The Hall–Kier alpha value is -3.84.